The van der Waals surface area contributed by atoms with Gasteiger partial charge in [-0.1, -0.05) is 51.0 Å². The summed E-state index contributed by atoms with van der Waals surface area (Å²) in [6.45, 7) is 7.48. The average Bonchev–Trinajstić information content (AvgIpc) is 2.78. The third kappa shape index (κ3) is 7.96. The lowest BCUT2D eigenvalue weighted by Gasteiger charge is -2.17. The minimum atomic E-state index is -0.256. The van der Waals surface area contributed by atoms with Crippen molar-refractivity contribution in [2.45, 2.75) is 52.5 Å². The second-order valence-corrected chi connectivity index (χ2v) is 7.48. The van der Waals surface area contributed by atoms with Crippen LogP contribution in [0.15, 0.2) is 48.5 Å². The lowest BCUT2D eigenvalue weighted by molar-refractivity contribution is 0.0907. The maximum Gasteiger partial charge on any atom is 0.255 e. The number of benzene rings is 2. The Labute approximate surface area is 185 Å². The van der Waals surface area contributed by atoms with Crippen molar-refractivity contribution in [3.63, 3.8) is 0 Å². The van der Waals surface area contributed by atoms with Gasteiger partial charge in [0.15, 0.2) is 0 Å². The Bertz CT molecular complexity index is 838. The van der Waals surface area contributed by atoms with Crippen LogP contribution in [0, 0.1) is 0 Å². The third-order valence-electron chi connectivity index (χ3n) is 4.72. The zero-order valence-electron chi connectivity index (χ0n) is 18.8. The molecule has 2 rings (SSSR count). The molecule has 0 aliphatic heterocycles. The second-order valence-electron chi connectivity index (χ2n) is 7.48. The quantitative estimate of drug-likeness (QED) is 0.459. The molecule has 0 bridgehead atoms. The number of nitrogens with one attached hydrogen (secondary N) is 2. The van der Waals surface area contributed by atoms with E-state index in [4.69, 9.17) is 9.47 Å². The van der Waals surface area contributed by atoms with E-state index in [0.29, 0.717) is 42.4 Å². The summed E-state index contributed by atoms with van der Waals surface area (Å²) in [5.41, 5.74) is 0.984. The molecular formula is C25H34N2O4. The smallest absolute Gasteiger partial charge is 0.255 e. The summed E-state index contributed by atoms with van der Waals surface area (Å²) >= 11 is 0. The maximum absolute atomic E-state index is 12.7. The zero-order chi connectivity index (χ0) is 22.5. The molecule has 2 aromatic rings. The van der Waals surface area contributed by atoms with Gasteiger partial charge in [-0.3, -0.25) is 9.59 Å². The van der Waals surface area contributed by atoms with Gasteiger partial charge in [-0.2, -0.15) is 0 Å². The van der Waals surface area contributed by atoms with Crippen LogP contribution in [-0.4, -0.2) is 37.6 Å². The van der Waals surface area contributed by atoms with Crippen LogP contribution in [0.5, 0.6) is 11.5 Å². The summed E-state index contributed by atoms with van der Waals surface area (Å²) in [7, 11) is 0. The molecule has 31 heavy (non-hydrogen) atoms. The summed E-state index contributed by atoms with van der Waals surface area (Å²) in [4.78, 5) is 25.3. The Kier molecular flexibility index (Phi) is 10.4. The van der Waals surface area contributed by atoms with Gasteiger partial charge in [0.05, 0.1) is 24.3 Å². The summed E-state index contributed by atoms with van der Waals surface area (Å²) in [5, 5.41) is 5.80. The van der Waals surface area contributed by atoms with Gasteiger partial charge in [-0.15, -0.1) is 0 Å². The molecule has 2 amide bonds. The predicted octanol–water partition coefficient (Wildman–Crippen LogP) is 4.59. The van der Waals surface area contributed by atoms with Crippen molar-refractivity contribution in [2.75, 3.05) is 19.8 Å². The Balaban J connectivity index is 1.90. The second kappa shape index (κ2) is 13.3. The van der Waals surface area contributed by atoms with Crippen LogP contribution in [0.2, 0.25) is 0 Å². The van der Waals surface area contributed by atoms with Gasteiger partial charge in [-0.25, -0.2) is 0 Å². The van der Waals surface area contributed by atoms with E-state index in [1.165, 1.54) is 0 Å². The molecule has 6 nitrogen and oxygen atoms in total. The first-order valence-corrected chi connectivity index (χ1v) is 11.1. The number of carbonyl (C=O) groups excluding carboxylic acids is 2. The van der Waals surface area contributed by atoms with Crippen molar-refractivity contribution in [1.29, 1.82) is 0 Å². The summed E-state index contributed by atoms with van der Waals surface area (Å²) < 4.78 is 11.5. The van der Waals surface area contributed by atoms with Gasteiger partial charge in [-0.05, 0) is 44.0 Å². The monoisotopic (exact) mass is 426 g/mol. The van der Waals surface area contributed by atoms with Gasteiger partial charge in [0.1, 0.15) is 11.5 Å². The van der Waals surface area contributed by atoms with E-state index in [1.54, 1.807) is 24.3 Å². The molecule has 0 fully saturated rings. The Hall–Kier alpha value is -3.02. The summed E-state index contributed by atoms with van der Waals surface area (Å²) in [6, 6.07) is 14.1. The van der Waals surface area contributed by atoms with Crippen LogP contribution in [0.1, 0.15) is 67.2 Å². The third-order valence-corrected chi connectivity index (χ3v) is 4.72. The number of unbranched alkanes of at least 4 members (excludes halogenated alkanes) is 2. The minimum absolute atomic E-state index is 0.225. The van der Waals surface area contributed by atoms with Gasteiger partial charge < -0.3 is 20.1 Å². The van der Waals surface area contributed by atoms with Gasteiger partial charge in [0.2, 0.25) is 0 Å². The van der Waals surface area contributed by atoms with Crippen LogP contribution >= 0.6 is 0 Å². The molecule has 1 atom stereocenters. The average molecular weight is 427 g/mol. The van der Waals surface area contributed by atoms with Crippen LogP contribution in [0.3, 0.4) is 0 Å². The largest absolute Gasteiger partial charge is 0.493 e. The Morgan fingerprint density at radius 2 is 1.29 bits per heavy atom. The first-order chi connectivity index (χ1) is 15.1. The van der Waals surface area contributed by atoms with Crippen molar-refractivity contribution < 1.29 is 19.1 Å². The van der Waals surface area contributed by atoms with Gasteiger partial charge >= 0.3 is 0 Å². The summed E-state index contributed by atoms with van der Waals surface area (Å²) in [6.07, 6.45) is 3.92. The molecule has 0 spiro atoms. The number of hydrogen-bond donors (Lipinski definition) is 2. The van der Waals surface area contributed by atoms with Crippen molar-refractivity contribution in [3.8, 4) is 11.5 Å². The number of ether oxygens (including phenoxy) is 2. The molecule has 168 valence electrons. The van der Waals surface area contributed by atoms with Crippen LogP contribution in [-0.2, 0) is 0 Å². The van der Waals surface area contributed by atoms with Gasteiger partial charge in [0, 0.05) is 12.6 Å². The van der Waals surface area contributed by atoms with Crippen LogP contribution in [0.4, 0.5) is 0 Å². The van der Waals surface area contributed by atoms with Crippen molar-refractivity contribution in [3.05, 3.63) is 59.7 Å². The zero-order valence-corrected chi connectivity index (χ0v) is 18.8. The van der Waals surface area contributed by atoms with E-state index in [1.807, 2.05) is 31.2 Å². The lowest BCUT2D eigenvalue weighted by Crippen LogP contribution is -2.42. The maximum atomic E-state index is 12.7. The van der Waals surface area contributed by atoms with Crippen LogP contribution < -0.4 is 20.1 Å². The molecule has 0 saturated carbocycles. The Morgan fingerprint density at radius 1 is 0.806 bits per heavy atom. The molecule has 0 aromatic heterocycles. The molecule has 0 aliphatic rings. The topological polar surface area (TPSA) is 76.7 Å². The van der Waals surface area contributed by atoms with Crippen LogP contribution in [0.25, 0.3) is 0 Å². The molecule has 0 unspecified atom stereocenters. The van der Waals surface area contributed by atoms with E-state index in [-0.39, 0.29) is 17.9 Å². The lowest BCUT2D eigenvalue weighted by atomic mass is 10.1. The number of hydrogen-bond acceptors (Lipinski definition) is 4. The fraction of sp³-hybridized carbons (Fsp3) is 0.440. The highest BCUT2D eigenvalue weighted by molar-refractivity contribution is 5.98. The van der Waals surface area contributed by atoms with Gasteiger partial charge in [0.25, 0.3) is 11.8 Å². The van der Waals surface area contributed by atoms with E-state index >= 15 is 0 Å². The highest BCUT2D eigenvalue weighted by atomic mass is 16.5. The number of amides is 2. The molecule has 0 radical (unpaired) electrons. The highest BCUT2D eigenvalue weighted by Crippen LogP contribution is 2.19. The number of rotatable bonds is 13. The highest BCUT2D eigenvalue weighted by Gasteiger charge is 2.17. The summed E-state index contributed by atoms with van der Waals surface area (Å²) in [5.74, 6) is 0.694. The van der Waals surface area contributed by atoms with Crippen molar-refractivity contribution >= 4 is 11.8 Å². The molecule has 0 aliphatic carbocycles. The molecule has 0 heterocycles. The molecule has 0 saturated heterocycles. The normalized spacial score (nSPS) is 11.5. The van der Waals surface area contributed by atoms with Crippen molar-refractivity contribution in [1.82, 2.24) is 10.6 Å². The molecule has 6 heteroatoms. The van der Waals surface area contributed by atoms with E-state index < -0.39 is 0 Å². The molecular weight excluding hydrogens is 392 g/mol. The minimum Gasteiger partial charge on any atom is -0.493 e. The fourth-order valence-electron chi connectivity index (χ4n) is 2.91. The Morgan fingerprint density at radius 3 is 1.81 bits per heavy atom. The first-order valence-electron chi connectivity index (χ1n) is 11.1. The van der Waals surface area contributed by atoms with E-state index in [2.05, 4.69) is 24.5 Å². The number of carbonyl (C=O) groups is 2. The molecule has 2 aromatic carbocycles. The molecule has 2 N–H and O–H groups in total. The van der Waals surface area contributed by atoms with E-state index in [0.717, 1.165) is 25.7 Å². The fourth-order valence-corrected chi connectivity index (χ4v) is 2.91. The number of para-hydroxylation sites is 2. The predicted molar refractivity (Wildman–Crippen MR) is 123 cm³/mol. The SMILES string of the molecule is CCCCOc1ccccc1C(=O)NC[C@@H](C)NC(=O)c1ccccc1OCCCC. The first kappa shape index (κ1) is 24.3. The van der Waals surface area contributed by atoms with Crippen molar-refractivity contribution in [2.24, 2.45) is 0 Å². The standard InChI is InChI=1S/C25H34N2O4/c1-4-6-16-30-22-14-10-8-12-20(22)24(28)26-18-19(3)27-25(29)21-13-9-11-15-23(21)31-17-7-5-2/h8-15,19H,4-7,16-18H2,1-3H3,(H,26,28)(H,27,29)/t19-/m1/s1. The van der Waals surface area contributed by atoms with E-state index in [9.17, 15) is 9.59 Å².